The predicted octanol–water partition coefficient (Wildman–Crippen LogP) is 21.5. The third kappa shape index (κ3) is 62.0. The Bertz CT molecular complexity index is 1700. The van der Waals surface area contributed by atoms with Gasteiger partial charge < -0.3 is 14.2 Å². The molecule has 0 aliphatic carbocycles. The molecule has 434 valence electrons. The first-order chi connectivity index (χ1) is 38.0. The van der Waals surface area contributed by atoms with Crippen molar-refractivity contribution in [3.63, 3.8) is 0 Å². The molecular weight excluding hydrogens is 949 g/mol. The Morgan fingerprint density at radius 2 is 0.519 bits per heavy atom. The van der Waals surface area contributed by atoms with Crippen LogP contribution in [0.1, 0.15) is 265 Å². The molecule has 0 aliphatic heterocycles. The summed E-state index contributed by atoms with van der Waals surface area (Å²) in [6.45, 7) is 6.41. The maximum Gasteiger partial charge on any atom is 0.306 e. The van der Waals surface area contributed by atoms with Crippen LogP contribution in [0.4, 0.5) is 0 Å². The van der Waals surface area contributed by atoms with Gasteiger partial charge in [-0.1, -0.05) is 250 Å². The maximum absolute atomic E-state index is 12.9. The lowest BCUT2D eigenvalue weighted by atomic mass is 10.1. The number of unbranched alkanes of at least 4 members (excludes halogenated alkanes) is 20. The van der Waals surface area contributed by atoms with Gasteiger partial charge in [-0.25, -0.2) is 0 Å². The summed E-state index contributed by atoms with van der Waals surface area (Å²) < 4.78 is 16.9. The molecule has 0 aromatic rings. The monoisotopic (exact) mass is 1060 g/mol. The quantitative estimate of drug-likeness (QED) is 0.0261. The number of esters is 3. The number of hydrogen-bond acceptors (Lipinski definition) is 6. The molecule has 6 heteroatoms. The van der Waals surface area contributed by atoms with Gasteiger partial charge in [0.15, 0.2) is 6.10 Å². The second kappa shape index (κ2) is 63.8. The molecule has 0 aromatic heterocycles. The van der Waals surface area contributed by atoms with Gasteiger partial charge in [0.1, 0.15) is 13.2 Å². The topological polar surface area (TPSA) is 78.9 Å². The van der Waals surface area contributed by atoms with E-state index >= 15 is 0 Å². The normalized spacial score (nSPS) is 13.1. The molecule has 0 amide bonds. The first kappa shape index (κ1) is 72.3. The number of ether oxygens (including phenoxy) is 3. The Labute approximate surface area is 474 Å². The second-order valence-electron chi connectivity index (χ2n) is 20.2. The lowest BCUT2D eigenvalue weighted by molar-refractivity contribution is -0.167. The zero-order chi connectivity index (χ0) is 55.7. The Balaban J connectivity index is 4.55. The molecule has 6 nitrogen and oxygen atoms in total. The third-order valence-electron chi connectivity index (χ3n) is 12.8. The Morgan fingerprint density at radius 1 is 0.273 bits per heavy atom. The smallest absolute Gasteiger partial charge is 0.306 e. The summed E-state index contributed by atoms with van der Waals surface area (Å²) in [6.07, 6.45) is 91.3. The number of carbonyl (C=O) groups excluding carboxylic acids is 3. The number of hydrogen-bond donors (Lipinski definition) is 0. The van der Waals surface area contributed by atoms with Crippen LogP contribution in [0, 0.1) is 0 Å². The maximum atomic E-state index is 12.9. The van der Waals surface area contributed by atoms with Crippen LogP contribution in [0.15, 0.2) is 146 Å². The van der Waals surface area contributed by atoms with E-state index in [2.05, 4.69) is 167 Å². The van der Waals surface area contributed by atoms with Crippen LogP contribution in [0.25, 0.3) is 0 Å². The molecule has 0 aliphatic rings. The molecule has 0 N–H and O–H groups in total. The molecular formula is C71H114O6. The Hall–Kier alpha value is -4.71. The highest BCUT2D eigenvalue weighted by Gasteiger charge is 2.19. The average molecular weight is 1060 g/mol. The average Bonchev–Trinajstić information content (AvgIpc) is 3.43. The molecule has 0 spiro atoms. The summed E-state index contributed by atoms with van der Waals surface area (Å²) in [5, 5.41) is 0. The summed E-state index contributed by atoms with van der Waals surface area (Å²) in [6, 6.07) is 0. The summed E-state index contributed by atoms with van der Waals surface area (Å²) in [7, 11) is 0. The van der Waals surface area contributed by atoms with E-state index in [9.17, 15) is 14.4 Å². The van der Waals surface area contributed by atoms with Gasteiger partial charge in [0.25, 0.3) is 0 Å². The fraction of sp³-hybridized carbons (Fsp3) is 0.620. The third-order valence-corrected chi connectivity index (χ3v) is 12.8. The summed E-state index contributed by atoms with van der Waals surface area (Å²) in [5.41, 5.74) is 0. The largest absolute Gasteiger partial charge is 0.462 e. The second-order valence-corrected chi connectivity index (χ2v) is 20.2. The van der Waals surface area contributed by atoms with E-state index in [1.807, 2.05) is 0 Å². The minimum absolute atomic E-state index is 0.111. The number of allylic oxidation sites excluding steroid dienone is 24. The van der Waals surface area contributed by atoms with E-state index in [1.165, 1.54) is 89.9 Å². The van der Waals surface area contributed by atoms with Gasteiger partial charge in [-0.15, -0.1) is 0 Å². The highest BCUT2D eigenvalue weighted by molar-refractivity contribution is 5.71. The fourth-order valence-corrected chi connectivity index (χ4v) is 8.11. The first-order valence-corrected chi connectivity index (χ1v) is 31.3. The van der Waals surface area contributed by atoms with Gasteiger partial charge in [0.05, 0.1) is 0 Å². The molecule has 0 saturated carbocycles. The highest BCUT2D eigenvalue weighted by atomic mass is 16.6. The van der Waals surface area contributed by atoms with Crippen molar-refractivity contribution in [2.24, 2.45) is 0 Å². The molecule has 1 atom stereocenters. The van der Waals surface area contributed by atoms with Gasteiger partial charge in [-0.2, -0.15) is 0 Å². The van der Waals surface area contributed by atoms with E-state index in [4.69, 9.17) is 14.2 Å². The summed E-state index contributed by atoms with van der Waals surface area (Å²) in [4.78, 5) is 38.3. The molecule has 0 fully saturated rings. The lowest BCUT2D eigenvalue weighted by Crippen LogP contribution is -2.30. The van der Waals surface area contributed by atoms with Gasteiger partial charge >= 0.3 is 17.9 Å². The fourth-order valence-electron chi connectivity index (χ4n) is 8.11. The van der Waals surface area contributed by atoms with Crippen molar-refractivity contribution in [1.82, 2.24) is 0 Å². The highest BCUT2D eigenvalue weighted by Crippen LogP contribution is 2.14. The minimum Gasteiger partial charge on any atom is -0.462 e. The van der Waals surface area contributed by atoms with Crippen molar-refractivity contribution in [3.8, 4) is 0 Å². The van der Waals surface area contributed by atoms with Crippen molar-refractivity contribution in [2.45, 2.75) is 271 Å². The molecule has 0 radical (unpaired) electrons. The van der Waals surface area contributed by atoms with Crippen LogP contribution in [0.2, 0.25) is 0 Å². The zero-order valence-electron chi connectivity index (χ0n) is 49.7. The van der Waals surface area contributed by atoms with E-state index in [0.29, 0.717) is 19.3 Å². The SMILES string of the molecule is CC/C=C\C/C=C\C/C=C\C/C=C\C/C=C\C/C=C\C/C=C\CCCC(=O)OCC(COC(=O)CCCCCCCCC/C=C\C/C=C\CCCCC)OC(=O)CCCCCCCC/C=C\C/C=C\C/C=C\CCCCC. The van der Waals surface area contributed by atoms with Crippen molar-refractivity contribution >= 4 is 17.9 Å². The van der Waals surface area contributed by atoms with Crippen LogP contribution in [-0.4, -0.2) is 37.2 Å². The van der Waals surface area contributed by atoms with E-state index in [0.717, 1.165) is 128 Å². The summed E-state index contributed by atoms with van der Waals surface area (Å²) in [5.74, 6) is -0.994. The van der Waals surface area contributed by atoms with Gasteiger partial charge in [-0.3, -0.25) is 14.4 Å². The van der Waals surface area contributed by atoms with E-state index in [1.54, 1.807) is 0 Å². The van der Waals surface area contributed by atoms with Crippen molar-refractivity contribution in [2.75, 3.05) is 13.2 Å². The van der Waals surface area contributed by atoms with Crippen molar-refractivity contribution in [3.05, 3.63) is 146 Å². The molecule has 1 unspecified atom stereocenters. The van der Waals surface area contributed by atoms with Crippen LogP contribution in [-0.2, 0) is 28.6 Å². The van der Waals surface area contributed by atoms with Crippen LogP contribution < -0.4 is 0 Å². The molecule has 0 saturated heterocycles. The van der Waals surface area contributed by atoms with E-state index in [-0.39, 0.29) is 37.5 Å². The molecule has 0 rings (SSSR count). The standard InChI is InChI=1S/C71H114O6/c1-4-7-10-13-16-19-22-25-28-31-33-34-35-36-38-40-43-46-49-52-55-58-61-64-70(73)76-67-68(66-75-69(72)63-60-57-54-51-48-45-42-39-30-27-24-21-18-15-12-9-6-3)77-71(74)65-62-59-56-53-50-47-44-41-37-32-29-26-23-20-17-14-11-8-5-2/h7,10,16-21,25-30,33-34,36-38,41,43,46,52,55,68H,4-6,8-9,11-15,22-24,31-32,35,39-40,42,44-45,47-51,53-54,56-67H2,1-3H3/b10-7-,19-16-,20-17-,21-18-,28-25-,29-26-,30-27-,34-33-,38-36-,41-37-,46-43-,55-52-. The van der Waals surface area contributed by atoms with Crippen molar-refractivity contribution in [1.29, 1.82) is 0 Å². The minimum atomic E-state index is -0.820. The van der Waals surface area contributed by atoms with Gasteiger partial charge in [0.2, 0.25) is 0 Å². The number of carbonyl (C=O) groups is 3. The summed E-state index contributed by atoms with van der Waals surface area (Å²) >= 11 is 0. The van der Waals surface area contributed by atoms with E-state index < -0.39 is 6.10 Å². The van der Waals surface area contributed by atoms with Gasteiger partial charge in [0, 0.05) is 19.3 Å². The molecule has 77 heavy (non-hydrogen) atoms. The van der Waals surface area contributed by atoms with Crippen molar-refractivity contribution < 1.29 is 28.6 Å². The molecule has 0 aromatic carbocycles. The Morgan fingerprint density at radius 3 is 0.844 bits per heavy atom. The molecule has 0 heterocycles. The molecule has 0 bridgehead atoms. The van der Waals surface area contributed by atoms with Crippen LogP contribution >= 0.6 is 0 Å². The Kier molecular flexibility index (Phi) is 59.9. The van der Waals surface area contributed by atoms with Crippen LogP contribution in [0.5, 0.6) is 0 Å². The zero-order valence-corrected chi connectivity index (χ0v) is 49.7. The van der Waals surface area contributed by atoms with Gasteiger partial charge in [-0.05, 0) is 141 Å². The number of rotatable bonds is 55. The first-order valence-electron chi connectivity index (χ1n) is 31.3. The van der Waals surface area contributed by atoms with Crippen LogP contribution in [0.3, 0.4) is 0 Å². The lowest BCUT2D eigenvalue weighted by Gasteiger charge is -2.18. The predicted molar refractivity (Wildman–Crippen MR) is 334 cm³/mol.